The summed E-state index contributed by atoms with van der Waals surface area (Å²) in [5.74, 6) is 0. The molecule has 0 radical (unpaired) electrons. The largest absolute Gasteiger partial charge is 0.415 e. The standard InChI is InChI=1S/C30H47O6PSi2/c1-12-34-38(9,10)36-39(11,35-13-2)16-14-15-37(33,29(31)27-23(5)17-21(3)18-24(27)6)30(32)28-25(7)19-22(4)20-26(28)8/h17-20H,12-16H2,1-11H3. The van der Waals surface area contributed by atoms with Crippen LogP contribution in [-0.2, 0) is 17.5 Å². The van der Waals surface area contributed by atoms with Gasteiger partial charge in [0.25, 0.3) is 0 Å². The minimum Gasteiger partial charge on any atom is -0.415 e. The molecule has 0 aliphatic rings. The first-order valence-electron chi connectivity index (χ1n) is 13.8. The molecule has 0 amide bonds. The zero-order valence-corrected chi connectivity index (χ0v) is 28.6. The summed E-state index contributed by atoms with van der Waals surface area (Å²) in [6, 6.07) is 8.14. The Hall–Kier alpha value is -1.68. The molecule has 2 aromatic rings. The molecule has 39 heavy (non-hydrogen) atoms. The molecule has 9 heteroatoms. The maximum absolute atomic E-state index is 14.8. The van der Waals surface area contributed by atoms with E-state index < -0.39 is 35.3 Å². The van der Waals surface area contributed by atoms with Gasteiger partial charge < -0.3 is 17.5 Å². The number of carbonyl (C=O) groups excluding carboxylic acids is 2. The summed E-state index contributed by atoms with van der Waals surface area (Å²) < 4.78 is 33.4. The van der Waals surface area contributed by atoms with E-state index >= 15 is 0 Å². The molecule has 0 fully saturated rings. The second kappa shape index (κ2) is 13.3. The number of rotatable bonds is 14. The molecule has 0 spiro atoms. The molecular weight excluding hydrogens is 543 g/mol. The van der Waals surface area contributed by atoms with Crippen LogP contribution in [0.1, 0.15) is 74.4 Å². The maximum Gasteiger partial charge on any atom is 0.326 e. The van der Waals surface area contributed by atoms with Crippen molar-refractivity contribution in [2.45, 2.75) is 87.5 Å². The maximum atomic E-state index is 14.8. The second-order valence-electron chi connectivity index (χ2n) is 11.2. The lowest BCUT2D eigenvalue weighted by Crippen LogP contribution is -2.50. The van der Waals surface area contributed by atoms with E-state index in [1.165, 1.54) is 0 Å². The zero-order chi connectivity index (χ0) is 29.8. The molecular formula is C30H47O6PSi2. The average molecular weight is 591 g/mol. The molecule has 1 atom stereocenters. The van der Waals surface area contributed by atoms with Crippen molar-refractivity contribution in [2.75, 3.05) is 19.4 Å². The number of hydrogen-bond acceptors (Lipinski definition) is 6. The van der Waals surface area contributed by atoms with Crippen LogP contribution in [0.4, 0.5) is 0 Å². The first-order chi connectivity index (χ1) is 18.0. The zero-order valence-electron chi connectivity index (χ0n) is 25.7. The average Bonchev–Trinajstić information content (AvgIpc) is 2.76. The van der Waals surface area contributed by atoms with Crippen molar-refractivity contribution in [3.8, 4) is 0 Å². The van der Waals surface area contributed by atoms with Gasteiger partial charge in [-0.25, -0.2) is 0 Å². The van der Waals surface area contributed by atoms with Gasteiger partial charge in [-0.2, -0.15) is 0 Å². The lowest BCUT2D eigenvalue weighted by atomic mass is 10.0. The highest BCUT2D eigenvalue weighted by Crippen LogP contribution is 2.54. The van der Waals surface area contributed by atoms with Crippen LogP contribution in [0.25, 0.3) is 0 Å². The van der Waals surface area contributed by atoms with Gasteiger partial charge in [0, 0.05) is 30.5 Å². The van der Waals surface area contributed by atoms with E-state index in [4.69, 9.17) is 13.0 Å². The Morgan fingerprint density at radius 2 is 1.10 bits per heavy atom. The normalized spacial score (nSPS) is 13.8. The molecule has 0 aliphatic heterocycles. The molecule has 6 nitrogen and oxygen atoms in total. The summed E-state index contributed by atoms with van der Waals surface area (Å²) in [5.41, 5.74) is 4.69. The van der Waals surface area contributed by atoms with Crippen LogP contribution in [0, 0.1) is 41.5 Å². The predicted molar refractivity (Wildman–Crippen MR) is 165 cm³/mol. The van der Waals surface area contributed by atoms with Crippen LogP contribution in [-0.4, -0.2) is 47.5 Å². The fourth-order valence-corrected chi connectivity index (χ4v) is 15.9. The van der Waals surface area contributed by atoms with E-state index in [1.54, 1.807) is 0 Å². The molecule has 0 saturated heterocycles. The van der Waals surface area contributed by atoms with Crippen molar-refractivity contribution in [1.29, 1.82) is 0 Å². The third-order valence-electron chi connectivity index (χ3n) is 6.95. The quantitative estimate of drug-likeness (QED) is 0.163. The van der Waals surface area contributed by atoms with E-state index in [1.807, 2.05) is 99.3 Å². The van der Waals surface area contributed by atoms with Gasteiger partial charge in [0.2, 0.25) is 18.2 Å². The van der Waals surface area contributed by atoms with Crippen molar-refractivity contribution < 1.29 is 27.1 Å². The monoisotopic (exact) mass is 590 g/mol. The third kappa shape index (κ3) is 8.18. The summed E-state index contributed by atoms with van der Waals surface area (Å²) >= 11 is 0. The molecule has 216 valence electrons. The van der Waals surface area contributed by atoms with Crippen molar-refractivity contribution in [3.63, 3.8) is 0 Å². The third-order valence-corrected chi connectivity index (χ3v) is 16.5. The topological polar surface area (TPSA) is 78.9 Å². The molecule has 2 rings (SSSR count). The van der Waals surface area contributed by atoms with Gasteiger partial charge in [-0.15, -0.1) is 0 Å². The SMILES string of the molecule is CCO[Si](C)(C)O[Si](C)(CCCP(=O)(C(=O)c1c(C)cc(C)cc1C)C(=O)c1c(C)cc(C)cc1C)OCC. The summed E-state index contributed by atoms with van der Waals surface area (Å²) in [5, 5.41) is 0. The molecule has 0 aromatic heterocycles. The minimum absolute atomic E-state index is 0.0280. The Bertz CT molecular complexity index is 1150. The molecule has 0 saturated carbocycles. The van der Waals surface area contributed by atoms with Crippen molar-refractivity contribution in [3.05, 3.63) is 68.8 Å². The summed E-state index contributed by atoms with van der Waals surface area (Å²) in [6.45, 7) is 22.2. The van der Waals surface area contributed by atoms with Crippen LogP contribution < -0.4 is 0 Å². The van der Waals surface area contributed by atoms with Gasteiger partial charge in [0.05, 0.1) is 0 Å². The lowest BCUT2D eigenvalue weighted by Gasteiger charge is -2.35. The molecule has 0 aliphatic carbocycles. The summed E-state index contributed by atoms with van der Waals surface area (Å²) in [7, 11) is -9.18. The van der Waals surface area contributed by atoms with Crippen LogP contribution >= 0.6 is 7.14 Å². The fraction of sp³-hybridized carbons (Fsp3) is 0.533. The smallest absolute Gasteiger partial charge is 0.326 e. The molecule has 0 N–H and O–H groups in total. The number of hydrogen-bond donors (Lipinski definition) is 0. The van der Waals surface area contributed by atoms with Gasteiger partial charge in [-0.3, -0.25) is 9.59 Å². The highest BCUT2D eigenvalue weighted by atomic mass is 31.2. The Balaban J connectivity index is 2.55. The van der Waals surface area contributed by atoms with Crippen LogP contribution in [0.15, 0.2) is 24.3 Å². The second-order valence-corrected chi connectivity index (χ2v) is 20.9. The van der Waals surface area contributed by atoms with Crippen molar-refractivity contribution in [1.82, 2.24) is 0 Å². The molecule has 1 unspecified atom stereocenters. The predicted octanol–water partition coefficient (Wildman–Crippen LogP) is 8.13. The lowest BCUT2D eigenvalue weighted by molar-refractivity contribution is 0.103. The first kappa shape index (κ1) is 33.5. The van der Waals surface area contributed by atoms with Crippen LogP contribution in [0.2, 0.25) is 25.7 Å². The molecule has 2 aromatic carbocycles. The minimum atomic E-state index is -4.04. The van der Waals surface area contributed by atoms with Crippen molar-refractivity contribution in [2.24, 2.45) is 0 Å². The van der Waals surface area contributed by atoms with E-state index in [0.29, 0.717) is 36.8 Å². The van der Waals surface area contributed by atoms with Gasteiger partial charge in [0.15, 0.2) is 0 Å². The first-order valence-corrected chi connectivity index (χ1v) is 21.1. The Labute approximate surface area is 237 Å². The van der Waals surface area contributed by atoms with Crippen molar-refractivity contribution >= 4 is 35.3 Å². The Morgan fingerprint density at radius 3 is 1.46 bits per heavy atom. The Morgan fingerprint density at radius 1 is 0.718 bits per heavy atom. The van der Waals surface area contributed by atoms with E-state index in [-0.39, 0.29) is 6.16 Å². The summed E-state index contributed by atoms with van der Waals surface area (Å²) in [4.78, 5) is 28.3. The van der Waals surface area contributed by atoms with Gasteiger partial charge in [-0.1, -0.05) is 35.4 Å². The highest BCUT2D eigenvalue weighted by Gasteiger charge is 2.45. The van der Waals surface area contributed by atoms with Crippen LogP contribution in [0.3, 0.4) is 0 Å². The van der Waals surface area contributed by atoms with Crippen LogP contribution in [0.5, 0.6) is 0 Å². The molecule has 0 heterocycles. The number of carbonyl (C=O) groups is 2. The van der Waals surface area contributed by atoms with E-state index in [0.717, 1.165) is 33.4 Å². The van der Waals surface area contributed by atoms with E-state index in [9.17, 15) is 14.2 Å². The van der Waals surface area contributed by atoms with Gasteiger partial charge in [-0.05, 0) is 110 Å². The summed E-state index contributed by atoms with van der Waals surface area (Å²) in [6.07, 6.45) is 0.349. The Kier molecular flexibility index (Phi) is 11.5. The fourth-order valence-electron chi connectivity index (χ4n) is 5.67. The molecule has 0 bridgehead atoms. The van der Waals surface area contributed by atoms with Gasteiger partial charge in [0.1, 0.15) is 0 Å². The highest BCUT2D eigenvalue weighted by molar-refractivity contribution is 7.95. The van der Waals surface area contributed by atoms with E-state index in [2.05, 4.69) is 0 Å². The number of benzene rings is 2. The van der Waals surface area contributed by atoms with Gasteiger partial charge >= 0.3 is 17.1 Å². The number of aryl methyl sites for hydroxylation is 6.